The predicted molar refractivity (Wildman–Crippen MR) is 84.4 cm³/mol. The minimum atomic E-state index is -2.31. The zero-order chi connectivity index (χ0) is 12.2. The SMILES string of the molecule is CCCOP(=S)([S-])OCCC.[S-]CC[S-].[Sb+3]. The first kappa shape index (κ1) is 23.5. The summed E-state index contributed by atoms with van der Waals surface area (Å²) in [5.41, 5.74) is -2.31. The third-order valence-electron chi connectivity index (χ3n) is 0.990. The minimum absolute atomic E-state index is 0. The average Bonchev–Trinajstić information content (AvgIpc) is 2.24. The van der Waals surface area contributed by atoms with Gasteiger partial charge in [-0.1, -0.05) is 25.7 Å². The molecule has 0 amide bonds. The molecule has 0 fully saturated rings. The van der Waals surface area contributed by atoms with Gasteiger partial charge in [0, 0.05) is 0 Å². The molecule has 16 heavy (non-hydrogen) atoms. The van der Waals surface area contributed by atoms with E-state index in [-0.39, 0.29) is 24.4 Å². The number of rotatable bonds is 7. The standard InChI is InChI=1S/C6H15O2PS2.C2H6S2.Sb/c1-3-5-7-9(10,11)8-6-4-2;3-1-2-4;/h3-6H2,1-2H3,(H,10,11);3-4H,1-2H2;/q;;+3/p-3. The number of hydrogen-bond acceptors (Lipinski definition) is 6. The largest absolute Gasteiger partial charge is 3.00 e. The third-order valence-corrected chi connectivity index (χ3v) is 3.92. The fourth-order valence-electron chi connectivity index (χ4n) is 0.443. The van der Waals surface area contributed by atoms with E-state index in [0.29, 0.717) is 13.2 Å². The van der Waals surface area contributed by atoms with E-state index < -0.39 is 5.69 Å². The molecular weight excluding hydrogens is 409 g/mol. The maximum absolute atomic E-state index is 5.20. The summed E-state index contributed by atoms with van der Waals surface area (Å²) in [5, 5.41) is 0. The minimum Gasteiger partial charge on any atom is -0.794 e. The van der Waals surface area contributed by atoms with Crippen molar-refractivity contribution in [1.82, 2.24) is 0 Å². The third kappa shape index (κ3) is 21.7. The first-order chi connectivity index (χ1) is 7.04. The van der Waals surface area contributed by atoms with Gasteiger partial charge in [-0.05, 0) is 12.8 Å². The van der Waals surface area contributed by atoms with Gasteiger partial charge in [0.2, 0.25) is 0 Å². The Morgan fingerprint density at radius 2 is 1.31 bits per heavy atom. The Morgan fingerprint density at radius 3 is 1.50 bits per heavy atom. The molecule has 0 aromatic rings. The molecule has 0 N–H and O–H groups in total. The Labute approximate surface area is 139 Å². The second-order valence-electron chi connectivity index (χ2n) is 2.52. The monoisotopic (exact) mass is 426 g/mol. The van der Waals surface area contributed by atoms with Gasteiger partial charge in [0.15, 0.2) is 0 Å². The van der Waals surface area contributed by atoms with Crippen LogP contribution in [0.4, 0.5) is 0 Å². The summed E-state index contributed by atoms with van der Waals surface area (Å²) in [6.45, 7) is 5.27. The zero-order valence-electron chi connectivity index (χ0n) is 9.59. The van der Waals surface area contributed by atoms with Gasteiger partial charge in [0.05, 0.1) is 18.9 Å². The summed E-state index contributed by atoms with van der Waals surface area (Å²) in [6, 6.07) is 0. The molecule has 2 nitrogen and oxygen atoms in total. The molecule has 0 aliphatic rings. The molecule has 0 heterocycles. The molecule has 0 saturated carbocycles. The topological polar surface area (TPSA) is 18.5 Å². The molecular formula is C8H18O2PS4Sb. The van der Waals surface area contributed by atoms with Crippen molar-refractivity contribution in [2.75, 3.05) is 24.7 Å². The van der Waals surface area contributed by atoms with Gasteiger partial charge < -0.3 is 46.6 Å². The smallest absolute Gasteiger partial charge is 0.794 e. The van der Waals surface area contributed by atoms with E-state index in [1.54, 1.807) is 0 Å². The van der Waals surface area contributed by atoms with Gasteiger partial charge in [-0.15, -0.1) is 0 Å². The normalized spacial score (nSPS) is 10.1. The van der Waals surface area contributed by atoms with Crippen LogP contribution in [0.2, 0.25) is 0 Å². The molecule has 0 saturated heterocycles. The van der Waals surface area contributed by atoms with E-state index >= 15 is 0 Å². The van der Waals surface area contributed by atoms with Crippen LogP contribution in [0.3, 0.4) is 0 Å². The molecule has 0 aliphatic carbocycles. The van der Waals surface area contributed by atoms with E-state index in [1.165, 1.54) is 0 Å². The molecule has 0 bridgehead atoms. The second-order valence-corrected chi connectivity index (χ2v) is 8.33. The van der Waals surface area contributed by atoms with Gasteiger partial charge in [0.1, 0.15) is 0 Å². The van der Waals surface area contributed by atoms with Gasteiger partial charge in [-0.3, -0.25) is 0 Å². The van der Waals surface area contributed by atoms with E-state index in [1.807, 2.05) is 13.8 Å². The van der Waals surface area contributed by atoms with Crippen molar-refractivity contribution in [3.63, 3.8) is 0 Å². The van der Waals surface area contributed by atoms with Crippen molar-refractivity contribution < 1.29 is 9.05 Å². The molecule has 2 radical (unpaired) electrons. The van der Waals surface area contributed by atoms with Crippen LogP contribution in [0.1, 0.15) is 26.7 Å². The van der Waals surface area contributed by atoms with Crippen molar-refractivity contribution in [2.24, 2.45) is 0 Å². The van der Waals surface area contributed by atoms with E-state index in [9.17, 15) is 0 Å². The van der Waals surface area contributed by atoms with Crippen LogP contribution in [0.15, 0.2) is 0 Å². The van der Waals surface area contributed by atoms with Gasteiger partial charge in [-0.25, -0.2) is 0 Å². The fourth-order valence-corrected chi connectivity index (χ4v) is 2.22. The van der Waals surface area contributed by atoms with Crippen molar-refractivity contribution >= 4 is 79.4 Å². The second kappa shape index (κ2) is 17.4. The first-order valence-electron chi connectivity index (χ1n) is 4.80. The predicted octanol–water partition coefficient (Wildman–Crippen LogP) is 2.31. The molecule has 0 atom stereocenters. The summed E-state index contributed by atoms with van der Waals surface area (Å²) in [6.07, 6.45) is 1.87. The Morgan fingerprint density at radius 1 is 1.00 bits per heavy atom. The molecule has 96 valence electrons. The Kier molecular flexibility index (Phi) is 25.6. The average molecular weight is 427 g/mol. The van der Waals surface area contributed by atoms with E-state index in [2.05, 4.69) is 25.3 Å². The summed E-state index contributed by atoms with van der Waals surface area (Å²) < 4.78 is 10.4. The first-order valence-corrected chi connectivity index (χ1v) is 9.61. The van der Waals surface area contributed by atoms with E-state index in [4.69, 9.17) is 33.1 Å². The van der Waals surface area contributed by atoms with Gasteiger partial charge in [0.25, 0.3) is 0 Å². The van der Waals surface area contributed by atoms with Crippen molar-refractivity contribution in [3.8, 4) is 0 Å². The van der Waals surface area contributed by atoms with Crippen LogP contribution in [0, 0.1) is 0 Å². The molecule has 0 spiro atoms. The van der Waals surface area contributed by atoms with Crippen molar-refractivity contribution in [1.29, 1.82) is 0 Å². The van der Waals surface area contributed by atoms with Gasteiger partial charge in [-0.2, -0.15) is 11.5 Å². The molecule has 0 unspecified atom stereocenters. The zero-order valence-corrected chi connectivity index (χ0v) is 16.3. The molecule has 0 rings (SSSR count). The van der Waals surface area contributed by atoms with Crippen molar-refractivity contribution in [2.45, 2.75) is 26.7 Å². The van der Waals surface area contributed by atoms with Crippen LogP contribution in [-0.4, -0.2) is 49.1 Å². The molecule has 0 aromatic heterocycles. The summed E-state index contributed by atoms with van der Waals surface area (Å²) >= 11 is 18.8. The Hall–Kier alpha value is 2.44. The maximum atomic E-state index is 5.20. The Balaban J connectivity index is -0.000000292. The van der Waals surface area contributed by atoms with Crippen LogP contribution >= 0.6 is 5.69 Å². The van der Waals surface area contributed by atoms with Crippen LogP contribution in [0.25, 0.3) is 0 Å². The van der Waals surface area contributed by atoms with Crippen LogP contribution in [0.5, 0.6) is 0 Å². The fraction of sp³-hybridized carbons (Fsp3) is 1.00. The van der Waals surface area contributed by atoms with Crippen LogP contribution in [-0.2, 0) is 58.4 Å². The summed E-state index contributed by atoms with van der Waals surface area (Å²) in [7, 11) is 0. The summed E-state index contributed by atoms with van der Waals surface area (Å²) in [4.78, 5) is 0. The maximum Gasteiger partial charge on any atom is 3.00 e. The van der Waals surface area contributed by atoms with Gasteiger partial charge >= 0.3 is 24.4 Å². The molecule has 8 heteroatoms. The quantitative estimate of drug-likeness (QED) is 0.350. The van der Waals surface area contributed by atoms with Crippen LogP contribution < -0.4 is 0 Å². The Bertz CT molecular complexity index is 160. The summed E-state index contributed by atoms with van der Waals surface area (Å²) in [5.74, 6) is 1.44. The van der Waals surface area contributed by atoms with Crippen molar-refractivity contribution in [3.05, 3.63) is 0 Å². The molecule has 0 aromatic carbocycles. The number of hydrogen-bond donors (Lipinski definition) is 0. The molecule has 0 aliphatic heterocycles. The van der Waals surface area contributed by atoms with E-state index in [0.717, 1.165) is 24.3 Å².